The maximum atomic E-state index is 7.06. The highest BCUT2D eigenvalue weighted by Crippen LogP contribution is 2.72. The van der Waals surface area contributed by atoms with Gasteiger partial charge in [-0.15, -0.1) is 0 Å². The fourth-order valence-electron chi connectivity index (χ4n) is 3.42. The first-order valence-corrected chi connectivity index (χ1v) is 10.4. The van der Waals surface area contributed by atoms with Gasteiger partial charge in [-0.2, -0.15) is 0 Å². The third-order valence-corrected chi connectivity index (χ3v) is 8.74. The van der Waals surface area contributed by atoms with Crippen LogP contribution < -0.4 is 5.32 Å². The normalized spacial score (nSPS) is 17.6. The van der Waals surface area contributed by atoms with Gasteiger partial charge in [0.15, 0.2) is 0 Å². The van der Waals surface area contributed by atoms with Crippen molar-refractivity contribution >= 4 is 10.3 Å². The molecule has 24 heavy (non-hydrogen) atoms. The van der Waals surface area contributed by atoms with E-state index < -0.39 is 10.3 Å². The molecule has 0 atom stereocenters. The zero-order valence-corrected chi connectivity index (χ0v) is 15.8. The number of piperidine rings is 1. The molecule has 1 aliphatic rings. The molecule has 1 saturated heterocycles. The molecular weight excluding hydrogens is 314 g/mol. The van der Waals surface area contributed by atoms with Crippen LogP contribution in [0.15, 0.2) is 70.5 Å². The van der Waals surface area contributed by atoms with Crippen molar-refractivity contribution in [1.82, 2.24) is 5.32 Å². The molecule has 2 nitrogen and oxygen atoms in total. The average molecular weight is 344 g/mol. The maximum absolute atomic E-state index is 7.06. The Balaban J connectivity index is 2.13. The van der Waals surface area contributed by atoms with Gasteiger partial charge < -0.3 is 9.50 Å². The Bertz CT molecular complexity index is 590. The van der Waals surface area contributed by atoms with Crippen molar-refractivity contribution in [2.45, 2.75) is 54.3 Å². The smallest absolute Gasteiger partial charge is 0.0733 e. The SMILES string of the molecule is CC(C)(C)S(OC1CCNCC1)(c1ccccc1)c1ccccc1. The van der Waals surface area contributed by atoms with E-state index in [-0.39, 0.29) is 4.75 Å². The molecule has 2 aromatic rings. The van der Waals surface area contributed by atoms with Crippen LogP contribution in [0.4, 0.5) is 0 Å². The summed E-state index contributed by atoms with van der Waals surface area (Å²) in [5, 5.41) is 3.45. The summed E-state index contributed by atoms with van der Waals surface area (Å²) in [6.07, 6.45) is 2.50. The second kappa shape index (κ2) is 7.30. The van der Waals surface area contributed by atoms with Crippen LogP contribution in [-0.2, 0) is 4.18 Å². The largest absolute Gasteiger partial charge is 0.324 e. The van der Waals surface area contributed by atoms with E-state index in [0.29, 0.717) is 6.10 Å². The van der Waals surface area contributed by atoms with Crippen LogP contribution in [0, 0.1) is 0 Å². The van der Waals surface area contributed by atoms with E-state index in [1.165, 1.54) is 9.79 Å². The Kier molecular flexibility index (Phi) is 5.33. The molecule has 3 heteroatoms. The molecule has 1 aliphatic heterocycles. The molecule has 1 fully saturated rings. The zero-order valence-electron chi connectivity index (χ0n) is 15.0. The summed E-state index contributed by atoms with van der Waals surface area (Å²) in [7, 11) is -1.60. The van der Waals surface area contributed by atoms with Gasteiger partial charge in [-0.05, 0) is 71.0 Å². The molecule has 1 heterocycles. The fraction of sp³-hybridized carbons (Fsp3) is 0.429. The number of hydrogen-bond acceptors (Lipinski definition) is 2. The monoisotopic (exact) mass is 343 g/mol. The van der Waals surface area contributed by atoms with E-state index >= 15 is 0 Å². The van der Waals surface area contributed by atoms with Gasteiger partial charge in [-0.25, -0.2) is 0 Å². The van der Waals surface area contributed by atoms with Crippen molar-refractivity contribution in [3.05, 3.63) is 60.7 Å². The van der Waals surface area contributed by atoms with Gasteiger partial charge in [-0.1, -0.05) is 46.7 Å². The molecule has 0 spiro atoms. The lowest BCUT2D eigenvalue weighted by molar-refractivity contribution is 0.179. The Morgan fingerprint density at radius 3 is 1.71 bits per heavy atom. The van der Waals surface area contributed by atoms with Crippen molar-refractivity contribution in [3.63, 3.8) is 0 Å². The lowest BCUT2D eigenvalue weighted by atomic mass is 10.1. The van der Waals surface area contributed by atoms with E-state index in [0.717, 1.165) is 25.9 Å². The van der Waals surface area contributed by atoms with Crippen LogP contribution in [0.3, 0.4) is 0 Å². The van der Waals surface area contributed by atoms with E-state index in [2.05, 4.69) is 86.8 Å². The Hall–Kier alpha value is -1.29. The summed E-state index contributed by atoms with van der Waals surface area (Å²) in [5.74, 6) is 0. The highest BCUT2D eigenvalue weighted by atomic mass is 32.3. The lowest BCUT2D eigenvalue weighted by Crippen LogP contribution is -2.37. The zero-order chi connectivity index (χ0) is 17.0. The third kappa shape index (κ3) is 3.39. The van der Waals surface area contributed by atoms with Gasteiger partial charge in [0, 0.05) is 14.5 Å². The van der Waals surface area contributed by atoms with Crippen molar-refractivity contribution in [3.8, 4) is 0 Å². The average Bonchev–Trinajstić information content (AvgIpc) is 2.61. The molecule has 0 aromatic heterocycles. The molecular formula is C21H29NOS. The number of nitrogens with one attached hydrogen (secondary N) is 1. The highest BCUT2D eigenvalue weighted by Gasteiger charge is 2.43. The molecule has 1 N–H and O–H groups in total. The summed E-state index contributed by atoms with van der Waals surface area (Å²) in [6, 6.07) is 21.7. The summed E-state index contributed by atoms with van der Waals surface area (Å²) in [6.45, 7) is 9.07. The van der Waals surface area contributed by atoms with E-state index in [1.807, 2.05) is 0 Å². The summed E-state index contributed by atoms with van der Waals surface area (Å²) in [5.41, 5.74) is 0. The number of benzene rings is 2. The predicted molar refractivity (Wildman–Crippen MR) is 104 cm³/mol. The van der Waals surface area contributed by atoms with Gasteiger partial charge in [0.2, 0.25) is 0 Å². The van der Waals surface area contributed by atoms with Crippen LogP contribution in [0.1, 0.15) is 33.6 Å². The van der Waals surface area contributed by atoms with Gasteiger partial charge in [0.25, 0.3) is 0 Å². The maximum Gasteiger partial charge on any atom is 0.0733 e. The first-order chi connectivity index (χ1) is 11.5. The third-order valence-electron chi connectivity index (χ3n) is 4.58. The molecule has 2 aromatic carbocycles. The minimum Gasteiger partial charge on any atom is -0.324 e. The first-order valence-electron chi connectivity index (χ1n) is 8.86. The summed E-state index contributed by atoms with van der Waals surface area (Å²) >= 11 is 0. The van der Waals surface area contributed by atoms with Gasteiger partial charge in [-0.3, -0.25) is 0 Å². The Morgan fingerprint density at radius 1 is 0.833 bits per heavy atom. The molecule has 0 bridgehead atoms. The van der Waals surface area contributed by atoms with Crippen molar-refractivity contribution in [2.24, 2.45) is 0 Å². The minimum atomic E-state index is -1.60. The van der Waals surface area contributed by atoms with Gasteiger partial charge in [0.05, 0.1) is 6.10 Å². The molecule has 0 amide bonds. The molecule has 0 saturated carbocycles. The summed E-state index contributed by atoms with van der Waals surface area (Å²) in [4.78, 5) is 2.64. The molecule has 0 unspecified atom stereocenters. The molecule has 130 valence electrons. The van der Waals surface area contributed by atoms with Crippen LogP contribution >= 0.6 is 10.3 Å². The fourth-order valence-corrected chi connectivity index (χ4v) is 7.30. The first kappa shape index (κ1) is 17.5. The lowest BCUT2D eigenvalue weighted by Gasteiger charge is -2.52. The van der Waals surface area contributed by atoms with Crippen molar-refractivity contribution in [2.75, 3.05) is 13.1 Å². The van der Waals surface area contributed by atoms with Gasteiger partial charge >= 0.3 is 0 Å². The second-order valence-corrected chi connectivity index (χ2v) is 10.8. The second-order valence-electron chi connectivity index (χ2n) is 7.34. The van der Waals surface area contributed by atoms with Crippen LogP contribution in [0.2, 0.25) is 0 Å². The number of rotatable bonds is 4. The van der Waals surface area contributed by atoms with E-state index in [4.69, 9.17) is 4.18 Å². The van der Waals surface area contributed by atoms with Crippen LogP contribution in [0.5, 0.6) is 0 Å². The van der Waals surface area contributed by atoms with E-state index in [9.17, 15) is 0 Å². The van der Waals surface area contributed by atoms with Crippen LogP contribution in [-0.4, -0.2) is 23.9 Å². The molecule has 3 rings (SSSR count). The van der Waals surface area contributed by atoms with Crippen LogP contribution in [0.25, 0.3) is 0 Å². The minimum absolute atomic E-state index is 0.0145. The van der Waals surface area contributed by atoms with Crippen molar-refractivity contribution < 1.29 is 4.18 Å². The Morgan fingerprint density at radius 2 is 1.29 bits per heavy atom. The highest BCUT2D eigenvalue weighted by molar-refractivity contribution is 8.31. The molecule has 0 aliphatic carbocycles. The van der Waals surface area contributed by atoms with Crippen molar-refractivity contribution in [1.29, 1.82) is 0 Å². The Labute approximate surface area is 148 Å². The predicted octanol–water partition coefficient (Wildman–Crippen LogP) is 5.39. The topological polar surface area (TPSA) is 21.3 Å². The van der Waals surface area contributed by atoms with E-state index in [1.54, 1.807) is 0 Å². The van der Waals surface area contributed by atoms with Gasteiger partial charge in [0.1, 0.15) is 0 Å². The quantitative estimate of drug-likeness (QED) is 0.803. The summed E-state index contributed by atoms with van der Waals surface area (Å²) < 4.78 is 7.07. The standard InChI is InChI=1S/C21H29NOS/c1-21(2,3)24(19-10-6-4-7-11-19,20-12-8-5-9-13-20)23-18-14-16-22-17-15-18/h4-13,18,22H,14-17H2,1-3H3. The molecule has 0 radical (unpaired) electrons. The number of hydrogen-bond donors (Lipinski definition) is 1.